The Kier molecular flexibility index (Phi) is 2.96. The number of likely N-dealkylation sites (N-methyl/N-ethyl adjacent to an activating group) is 1. The smallest absolute Gasteiger partial charge is 0.0765 e. The zero-order valence-corrected chi connectivity index (χ0v) is 8.86. The third-order valence-corrected chi connectivity index (χ3v) is 1.86. The maximum Gasteiger partial charge on any atom is 0.0765 e. The monoisotopic (exact) mass is 195 g/mol. The minimum absolute atomic E-state index is 0.529. The molecule has 1 rings (SSSR count). The van der Waals surface area contributed by atoms with Crippen molar-refractivity contribution in [2.75, 3.05) is 24.2 Å². The molecule has 78 valence electrons. The van der Waals surface area contributed by atoms with E-state index in [9.17, 15) is 5.11 Å². The van der Waals surface area contributed by atoms with Crippen LogP contribution in [0.4, 0.5) is 11.4 Å². The van der Waals surface area contributed by atoms with Crippen molar-refractivity contribution in [2.24, 2.45) is 0 Å². The Hall–Kier alpha value is -1.29. The summed E-state index contributed by atoms with van der Waals surface area (Å²) in [4.78, 5) is 5.82. The van der Waals surface area contributed by atoms with E-state index in [1.165, 1.54) is 0 Å². The van der Waals surface area contributed by atoms with Crippen molar-refractivity contribution >= 4 is 11.4 Å². The van der Waals surface area contributed by atoms with Gasteiger partial charge >= 0.3 is 0 Å². The number of aromatic nitrogens is 1. The Labute approximate surface area is 84.4 Å². The average molecular weight is 195 g/mol. The van der Waals surface area contributed by atoms with Gasteiger partial charge in [0.15, 0.2) is 0 Å². The van der Waals surface area contributed by atoms with Gasteiger partial charge in [0.05, 0.1) is 23.2 Å². The van der Waals surface area contributed by atoms with Gasteiger partial charge < -0.3 is 15.7 Å². The molecule has 0 spiro atoms. The highest BCUT2D eigenvalue weighted by molar-refractivity contribution is 5.65. The SMILES string of the molecule is CN(CC(C)(C)O)c1ccncc1N. The molecule has 0 amide bonds. The maximum absolute atomic E-state index is 9.64. The first-order valence-corrected chi connectivity index (χ1v) is 4.53. The van der Waals surface area contributed by atoms with Crippen LogP contribution in [0.1, 0.15) is 13.8 Å². The van der Waals surface area contributed by atoms with E-state index < -0.39 is 5.60 Å². The van der Waals surface area contributed by atoms with Crippen LogP contribution in [-0.2, 0) is 0 Å². The summed E-state index contributed by atoms with van der Waals surface area (Å²) in [6.45, 7) is 4.06. The summed E-state index contributed by atoms with van der Waals surface area (Å²) in [6.07, 6.45) is 3.29. The van der Waals surface area contributed by atoms with Crippen molar-refractivity contribution in [1.82, 2.24) is 4.98 Å². The largest absolute Gasteiger partial charge is 0.396 e. The molecule has 0 aliphatic heterocycles. The van der Waals surface area contributed by atoms with Crippen LogP contribution in [0.3, 0.4) is 0 Å². The summed E-state index contributed by atoms with van der Waals surface area (Å²) < 4.78 is 0. The molecule has 4 nitrogen and oxygen atoms in total. The molecule has 4 heteroatoms. The van der Waals surface area contributed by atoms with E-state index >= 15 is 0 Å². The summed E-state index contributed by atoms with van der Waals surface area (Å²) in [5.74, 6) is 0. The zero-order valence-electron chi connectivity index (χ0n) is 8.86. The van der Waals surface area contributed by atoms with E-state index in [0.717, 1.165) is 5.69 Å². The Bertz CT molecular complexity index is 306. The molecule has 0 saturated heterocycles. The lowest BCUT2D eigenvalue weighted by molar-refractivity contribution is 0.0886. The first-order valence-electron chi connectivity index (χ1n) is 4.53. The van der Waals surface area contributed by atoms with Gasteiger partial charge in [-0.15, -0.1) is 0 Å². The van der Waals surface area contributed by atoms with Gasteiger partial charge in [0.25, 0.3) is 0 Å². The molecule has 0 unspecified atom stereocenters. The highest BCUT2D eigenvalue weighted by atomic mass is 16.3. The van der Waals surface area contributed by atoms with Crippen molar-refractivity contribution in [3.05, 3.63) is 18.5 Å². The molecule has 0 aliphatic carbocycles. The van der Waals surface area contributed by atoms with Gasteiger partial charge in [0.1, 0.15) is 0 Å². The van der Waals surface area contributed by atoms with Gasteiger partial charge in [-0.25, -0.2) is 0 Å². The van der Waals surface area contributed by atoms with E-state index in [2.05, 4.69) is 4.98 Å². The molecule has 1 heterocycles. The standard InChI is InChI=1S/C10H17N3O/c1-10(2,14)7-13(3)9-4-5-12-6-8(9)11/h4-6,14H,7,11H2,1-3H3. The number of rotatable bonds is 3. The quantitative estimate of drug-likeness (QED) is 0.751. The van der Waals surface area contributed by atoms with E-state index in [1.807, 2.05) is 18.0 Å². The van der Waals surface area contributed by atoms with Crippen molar-refractivity contribution < 1.29 is 5.11 Å². The highest BCUT2D eigenvalue weighted by Crippen LogP contribution is 2.21. The Balaban J connectivity index is 2.80. The second kappa shape index (κ2) is 3.84. The van der Waals surface area contributed by atoms with Gasteiger partial charge in [-0.05, 0) is 19.9 Å². The normalized spacial score (nSPS) is 11.4. The summed E-state index contributed by atoms with van der Waals surface area (Å²) in [5.41, 5.74) is 6.54. The number of pyridine rings is 1. The summed E-state index contributed by atoms with van der Waals surface area (Å²) in [6, 6.07) is 1.83. The highest BCUT2D eigenvalue weighted by Gasteiger charge is 2.16. The second-order valence-electron chi connectivity index (χ2n) is 4.10. The van der Waals surface area contributed by atoms with Crippen LogP contribution in [0, 0.1) is 0 Å². The van der Waals surface area contributed by atoms with E-state index in [4.69, 9.17) is 5.73 Å². The number of hydrogen-bond donors (Lipinski definition) is 2. The van der Waals surface area contributed by atoms with Crippen molar-refractivity contribution in [2.45, 2.75) is 19.4 Å². The van der Waals surface area contributed by atoms with Crippen LogP contribution < -0.4 is 10.6 Å². The van der Waals surface area contributed by atoms with Crippen molar-refractivity contribution in [1.29, 1.82) is 0 Å². The number of nitrogens with zero attached hydrogens (tertiary/aromatic N) is 2. The minimum atomic E-state index is -0.732. The fourth-order valence-electron chi connectivity index (χ4n) is 1.41. The summed E-state index contributed by atoms with van der Waals surface area (Å²) >= 11 is 0. The average Bonchev–Trinajstić information content (AvgIpc) is 2.01. The first-order chi connectivity index (χ1) is 6.40. The first kappa shape index (κ1) is 10.8. The van der Waals surface area contributed by atoms with Gasteiger partial charge in [-0.2, -0.15) is 0 Å². The van der Waals surface area contributed by atoms with Crippen LogP contribution >= 0.6 is 0 Å². The van der Waals surface area contributed by atoms with Crippen LogP contribution in [0.2, 0.25) is 0 Å². The summed E-state index contributed by atoms with van der Waals surface area (Å²) in [5, 5.41) is 9.64. The maximum atomic E-state index is 9.64. The number of anilines is 2. The molecule has 0 aromatic carbocycles. The molecule has 0 saturated carbocycles. The molecule has 3 N–H and O–H groups in total. The van der Waals surface area contributed by atoms with Crippen LogP contribution in [0.5, 0.6) is 0 Å². The van der Waals surface area contributed by atoms with E-state index in [-0.39, 0.29) is 0 Å². The number of aliphatic hydroxyl groups is 1. The van der Waals surface area contributed by atoms with E-state index in [0.29, 0.717) is 12.2 Å². The lowest BCUT2D eigenvalue weighted by Crippen LogP contribution is -2.36. The van der Waals surface area contributed by atoms with Gasteiger partial charge in [-0.1, -0.05) is 0 Å². The molecule has 0 radical (unpaired) electrons. The topological polar surface area (TPSA) is 62.4 Å². The molecule has 0 fully saturated rings. The number of hydrogen-bond acceptors (Lipinski definition) is 4. The number of nitrogens with two attached hydrogens (primary N) is 1. The number of nitrogen functional groups attached to an aromatic ring is 1. The molecule has 0 atom stereocenters. The molecule has 1 aromatic heterocycles. The van der Waals surface area contributed by atoms with E-state index in [1.54, 1.807) is 26.2 Å². The van der Waals surface area contributed by atoms with Crippen molar-refractivity contribution in [3.8, 4) is 0 Å². The Morgan fingerprint density at radius 2 is 2.21 bits per heavy atom. The molecule has 14 heavy (non-hydrogen) atoms. The zero-order chi connectivity index (χ0) is 10.8. The third kappa shape index (κ3) is 2.88. The molecular weight excluding hydrogens is 178 g/mol. The fraction of sp³-hybridized carbons (Fsp3) is 0.500. The molecular formula is C10H17N3O. The van der Waals surface area contributed by atoms with Gasteiger partial charge in [-0.3, -0.25) is 4.98 Å². The van der Waals surface area contributed by atoms with Crippen LogP contribution in [-0.4, -0.2) is 29.3 Å². The minimum Gasteiger partial charge on any atom is -0.396 e. The molecule has 0 bridgehead atoms. The van der Waals surface area contributed by atoms with Gasteiger partial charge in [0.2, 0.25) is 0 Å². The predicted molar refractivity (Wildman–Crippen MR) is 58.2 cm³/mol. The third-order valence-electron chi connectivity index (χ3n) is 1.86. The van der Waals surface area contributed by atoms with Crippen LogP contribution in [0.25, 0.3) is 0 Å². The van der Waals surface area contributed by atoms with Crippen molar-refractivity contribution in [3.63, 3.8) is 0 Å². The lowest BCUT2D eigenvalue weighted by Gasteiger charge is -2.27. The van der Waals surface area contributed by atoms with Crippen LogP contribution in [0.15, 0.2) is 18.5 Å². The predicted octanol–water partition coefficient (Wildman–Crippen LogP) is 0.871. The molecule has 1 aromatic rings. The van der Waals surface area contributed by atoms with Gasteiger partial charge in [0, 0.05) is 19.8 Å². The summed E-state index contributed by atoms with van der Waals surface area (Å²) in [7, 11) is 1.89. The molecule has 0 aliphatic rings. The Morgan fingerprint density at radius 1 is 1.57 bits per heavy atom. The fourth-order valence-corrected chi connectivity index (χ4v) is 1.41. The lowest BCUT2D eigenvalue weighted by atomic mass is 10.1. The second-order valence-corrected chi connectivity index (χ2v) is 4.10. The Morgan fingerprint density at radius 3 is 2.71 bits per heavy atom.